The van der Waals surface area contributed by atoms with E-state index >= 15 is 0 Å². The van der Waals surface area contributed by atoms with E-state index < -0.39 is 0 Å². The van der Waals surface area contributed by atoms with Crippen LogP contribution < -0.4 is 0 Å². The van der Waals surface area contributed by atoms with Gasteiger partial charge in [0.15, 0.2) is 0 Å². The van der Waals surface area contributed by atoms with Crippen LogP contribution in [0.1, 0.15) is 0 Å². The molecule has 0 N–H and O–H groups in total. The Hall–Kier alpha value is 0.789. The van der Waals surface area contributed by atoms with Gasteiger partial charge in [-0.15, -0.1) is 28.1 Å². The predicted octanol–water partition coefficient (Wildman–Crippen LogP) is 6.21. The molecule has 0 nitrogen and oxygen atoms in total. The summed E-state index contributed by atoms with van der Waals surface area (Å²) in [5.41, 5.74) is 0. The maximum atomic E-state index is 6.02. The molecule has 0 bridgehead atoms. The van der Waals surface area contributed by atoms with E-state index in [1.54, 1.807) is 0 Å². The van der Waals surface area contributed by atoms with Crippen molar-refractivity contribution in [2.24, 2.45) is 0 Å². The van der Waals surface area contributed by atoms with Crippen molar-refractivity contribution in [1.29, 1.82) is 0 Å². The number of halogens is 3. The molecule has 0 spiro atoms. The standard InChI is InChI=1S/C7H6Cl3S2.C5H5.Fe/c1-11-6-3(8)4(9)7(12-2)5(6)10;1-2-4-5-3-1;/h1-2H3;1-5H;/q-1;-5;. The van der Waals surface area contributed by atoms with Crippen LogP contribution >= 0.6 is 58.3 Å². The summed E-state index contributed by atoms with van der Waals surface area (Å²) < 4.78 is 0. The number of hydrogen-bond donors (Lipinski definition) is 0. The monoisotopic (exact) mass is 380 g/mol. The van der Waals surface area contributed by atoms with Crippen molar-refractivity contribution in [3.05, 3.63) is 45.4 Å². The Balaban J connectivity index is 0.000000405. The molecule has 0 radical (unpaired) electrons. The van der Waals surface area contributed by atoms with Crippen LogP contribution in [0.2, 0.25) is 15.1 Å². The molecule has 2 aromatic carbocycles. The molecule has 0 atom stereocenters. The number of rotatable bonds is 2. The van der Waals surface area contributed by atoms with Gasteiger partial charge >= 0.3 is 0 Å². The van der Waals surface area contributed by atoms with Gasteiger partial charge in [0.2, 0.25) is 0 Å². The van der Waals surface area contributed by atoms with Gasteiger partial charge in [-0.05, 0) is 22.6 Å². The molecule has 0 aliphatic carbocycles. The summed E-state index contributed by atoms with van der Waals surface area (Å²) in [6.45, 7) is 0. The van der Waals surface area contributed by atoms with Crippen LogP contribution in [0.4, 0.5) is 0 Å². The van der Waals surface area contributed by atoms with Crippen molar-refractivity contribution in [1.82, 2.24) is 0 Å². The van der Waals surface area contributed by atoms with Crippen molar-refractivity contribution in [2.75, 3.05) is 12.5 Å². The predicted molar refractivity (Wildman–Crippen MR) is 82.7 cm³/mol. The third-order valence-corrected chi connectivity index (χ3v) is 5.27. The minimum atomic E-state index is 0. The SMILES string of the molecule is CSc1c(Cl)c(Cl)[c-](SC)c1Cl.[Fe].[cH-]1[cH-][cH-][cH-][cH-]1. The van der Waals surface area contributed by atoms with E-state index in [0.29, 0.717) is 15.1 Å². The largest absolute Gasteiger partial charge is 0.748 e. The molecule has 0 saturated carbocycles. The average molecular weight is 382 g/mol. The van der Waals surface area contributed by atoms with Gasteiger partial charge in [0.1, 0.15) is 0 Å². The summed E-state index contributed by atoms with van der Waals surface area (Å²) in [5, 5.41) is 1.81. The summed E-state index contributed by atoms with van der Waals surface area (Å²) in [6, 6.07) is 10.0. The Morgan fingerprint density at radius 1 is 0.889 bits per heavy atom. The summed E-state index contributed by atoms with van der Waals surface area (Å²) in [6.07, 6.45) is 3.85. The van der Waals surface area contributed by atoms with E-state index in [4.69, 9.17) is 34.8 Å². The van der Waals surface area contributed by atoms with Crippen molar-refractivity contribution in [3.63, 3.8) is 0 Å². The Kier molecular flexibility index (Phi) is 10.1. The zero-order valence-corrected chi connectivity index (χ0v) is 14.7. The van der Waals surface area contributed by atoms with Gasteiger partial charge in [-0.3, -0.25) is 0 Å². The van der Waals surface area contributed by atoms with E-state index in [2.05, 4.69) is 0 Å². The first-order valence-electron chi connectivity index (χ1n) is 4.71. The van der Waals surface area contributed by atoms with Crippen molar-refractivity contribution in [2.45, 2.75) is 9.79 Å². The van der Waals surface area contributed by atoms with E-state index in [1.165, 1.54) is 23.5 Å². The van der Waals surface area contributed by atoms with Gasteiger partial charge in [0, 0.05) is 17.1 Å². The van der Waals surface area contributed by atoms with Crippen molar-refractivity contribution < 1.29 is 17.1 Å². The third kappa shape index (κ3) is 4.72. The smallest absolute Gasteiger partial charge is 0 e. The first-order valence-corrected chi connectivity index (χ1v) is 8.29. The van der Waals surface area contributed by atoms with Gasteiger partial charge in [0.25, 0.3) is 0 Å². The molecule has 0 aliphatic rings. The minimum absolute atomic E-state index is 0. The van der Waals surface area contributed by atoms with E-state index in [0.717, 1.165) is 9.79 Å². The number of hydrogen-bond acceptors (Lipinski definition) is 2. The fourth-order valence-corrected chi connectivity index (χ4v) is 4.07. The second-order valence-electron chi connectivity index (χ2n) is 2.97. The molecule has 0 fully saturated rings. The Bertz CT molecular complexity index is 408. The van der Waals surface area contributed by atoms with Gasteiger partial charge in [-0.25, -0.2) is 11.8 Å². The second-order valence-corrected chi connectivity index (χ2v) is 5.74. The molecule has 2 rings (SSSR count). The van der Waals surface area contributed by atoms with Crippen molar-refractivity contribution in [3.8, 4) is 0 Å². The van der Waals surface area contributed by atoms with Crippen LogP contribution in [-0.4, -0.2) is 12.5 Å². The van der Waals surface area contributed by atoms with Gasteiger partial charge < -0.3 is 30.3 Å². The first kappa shape index (κ1) is 18.8. The zero-order valence-electron chi connectivity index (χ0n) is 9.69. The minimum Gasteiger partial charge on any atom is -0.748 e. The van der Waals surface area contributed by atoms with E-state index in [-0.39, 0.29) is 17.1 Å². The van der Waals surface area contributed by atoms with Crippen LogP contribution in [0.15, 0.2) is 40.1 Å². The zero-order chi connectivity index (χ0) is 12.8. The molecule has 0 unspecified atom stereocenters. The summed E-state index contributed by atoms with van der Waals surface area (Å²) in [7, 11) is 0. The third-order valence-electron chi connectivity index (χ3n) is 1.95. The van der Waals surface area contributed by atoms with E-state index in [9.17, 15) is 0 Å². The molecule has 0 aromatic heterocycles. The molecule has 6 heteroatoms. The van der Waals surface area contributed by atoms with Crippen LogP contribution in [-0.2, 0) is 17.1 Å². The molecule has 0 amide bonds. The normalized spacial score (nSPS) is 9.39. The van der Waals surface area contributed by atoms with Crippen LogP contribution in [0.3, 0.4) is 0 Å². The molecule has 18 heavy (non-hydrogen) atoms. The second kappa shape index (κ2) is 9.66. The fourth-order valence-electron chi connectivity index (χ4n) is 1.17. The summed E-state index contributed by atoms with van der Waals surface area (Å²) >= 11 is 20.9. The van der Waals surface area contributed by atoms with Crippen LogP contribution in [0, 0.1) is 0 Å². The Labute approximate surface area is 142 Å². The molecular formula is C12H11Cl3FeS2-6. The molecule has 0 heterocycles. The first-order chi connectivity index (χ1) is 8.13. The Morgan fingerprint density at radius 3 is 1.56 bits per heavy atom. The van der Waals surface area contributed by atoms with E-state index in [1.807, 2.05) is 42.8 Å². The van der Waals surface area contributed by atoms with Gasteiger partial charge in [-0.2, -0.15) is 23.4 Å². The topological polar surface area (TPSA) is 0 Å². The molecule has 0 saturated heterocycles. The van der Waals surface area contributed by atoms with Gasteiger partial charge in [0.05, 0.1) is 0 Å². The van der Waals surface area contributed by atoms with Gasteiger partial charge in [-0.1, -0.05) is 9.92 Å². The number of thioether (sulfide) groups is 2. The molecule has 2 aromatic rings. The summed E-state index contributed by atoms with van der Waals surface area (Å²) in [5.74, 6) is 0. The fraction of sp³-hybridized carbons (Fsp3) is 0.167. The maximum absolute atomic E-state index is 6.02. The molecule has 0 aliphatic heterocycles. The maximum Gasteiger partial charge on any atom is 0 e. The van der Waals surface area contributed by atoms with Crippen LogP contribution in [0.25, 0.3) is 0 Å². The average Bonchev–Trinajstić information content (AvgIpc) is 2.93. The van der Waals surface area contributed by atoms with Crippen molar-refractivity contribution >= 4 is 58.3 Å². The Morgan fingerprint density at radius 2 is 1.33 bits per heavy atom. The summed E-state index contributed by atoms with van der Waals surface area (Å²) in [4.78, 5) is 1.74. The molecule has 106 valence electrons. The van der Waals surface area contributed by atoms with Crippen LogP contribution in [0.5, 0.6) is 0 Å². The quantitative estimate of drug-likeness (QED) is 0.344. The molecular weight excluding hydrogens is 370 g/mol.